The van der Waals surface area contributed by atoms with Crippen LogP contribution in [0, 0.1) is 0 Å². The molecule has 0 fully saturated rings. The van der Waals surface area contributed by atoms with Crippen molar-refractivity contribution in [3.8, 4) is 0 Å². The number of benzene rings is 1. The molecule has 0 amide bonds. The molecule has 0 radical (unpaired) electrons. The molecule has 0 saturated carbocycles. The van der Waals surface area contributed by atoms with Crippen LogP contribution in [0.4, 0.5) is 0 Å². The lowest BCUT2D eigenvalue weighted by Gasteiger charge is -2.08. The van der Waals surface area contributed by atoms with Crippen molar-refractivity contribution in [1.82, 2.24) is 10.3 Å². The summed E-state index contributed by atoms with van der Waals surface area (Å²) in [4.78, 5) is 4.44. The van der Waals surface area contributed by atoms with Crippen molar-refractivity contribution in [1.29, 1.82) is 0 Å². The fourth-order valence-corrected chi connectivity index (χ4v) is 2.77. The number of nitrogens with one attached hydrogen (secondary N) is 1. The summed E-state index contributed by atoms with van der Waals surface area (Å²) in [7, 11) is 0. The van der Waals surface area contributed by atoms with Crippen LogP contribution in [0.3, 0.4) is 0 Å². The number of thioether (sulfide) groups is 1. The van der Waals surface area contributed by atoms with Gasteiger partial charge in [0.15, 0.2) is 0 Å². The van der Waals surface area contributed by atoms with E-state index >= 15 is 0 Å². The molecule has 2 rings (SSSR count). The minimum absolute atomic E-state index is 0.770. The number of hydrogen-bond donors (Lipinski definition) is 1. The third kappa shape index (κ3) is 4.10. The molecule has 2 nitrogen and oxygen atoms in total. The van der Waals surface area contributed by atoms with Gasteiger partial charge in [0.1, 0.15) is 0 Å². The van der Waals surface area contributed by atoms with Gasteiger partial charge in [0.25, 0.3) is 0 Å². The fourth-order valence-electron chi connectivity index (χ4n) is 2.06. The molecule has 0 aliphatic carbocycles. The van der Waals surface area contributed by atoms with Gasteiger partial charge in [-0.15, -0.1) is 0 Å². The van der Waals surface area contributed by atoms with E-state index in [0.29, 0.717) is 0 Å². The first-order valence-corrected chi connectivity index (χ1v) is 8.32. The molecule has 0 unspecified atom stereocenters. The van der Waals surface area contributed by atoms with E-state index in [1.165, 1.54) is 24.2 Å². The monoisotopic (exact) mass is 294 g/mol. The Kier molecular flexibility index (Phi) is 5.95. The SMILES string of the molecule is CSCCCCNCc1ccc(Cl)c2cccnc12. The van der Waals surface area contributed by atoms with Crippen molar-refractivity contribution >= 4 is 34.3 Å². The molecule has 1 aromatic heterocycles. The number of hydrogen-bond acceptors (Lipinski definition) is 3. The highest BCUT2D eigenvalue weighted by molar-refractivity contribution is 7.98. The molecule has 2 aromatic rings. The first-order valence-electron chi connectivity index (χ1n) is 6.54. The second-order valence-corrected chi connectivity index (χ2v) is 5.88. The zero-order valence-corrected chi connectivity index (χ0v) is 12.7. The molecular weight excluding hydrogens is 276 g/mol. The van der Waals surface area contributed by atoms with Crippen molar-refractivity contribution in [3.63, 3.8) is 0 Å². The maximum atomic E-state index is 6.18. The lowest BCUT2D eigenvalue weighted by Crippen LogP contribution is -2.15. The Morgan fingerprint density at radius 2 is 2.16 bits per heavy atom. The van der Waals surface area contributed by atoms with Crippen molar-refractivity contribution in [3.05, 3.63) is 41.0 Å². The summed E-state index contributed by atoms with van der Waals surface area (Å²) < 4.78 is 0. The quantitative estimate of drug-likeness (QED) is 0.778. The summed E-state index contributed by atoms with van der Waals surface area (Å²) in [5.41, 5.74) is 2.22. The van der Waals surface area contributed by atoms with E-state index in [9.17, 15) is 0 Å². The van der Waals surface area contributed by atoms with Crippen LogP contribution in [-0.2, 0) is 6.54 Å². The Morgan fingerprint density at radius 1 is 1.26 bits per heavy atom. The van der Waals surface area contributed by atoms with E-state index in [1.807, 2.05) is 36.2 Å². The molecule has 0 saturated heterocycles. The van der Waals surface area contributed by atoms with E-state index in [0.717, 1.165) is 29.0 Å². The molecule has 0 atom stereocenters. The van der Waals surface area contributed by atoms with Crippen LogP contribution in [0.25, 0.3) is 10.9 Å². The largest absolute Gasteiger partial charge is 0.313 e. The highest BCUT2D eigenvalue weighted by Gasteiger charge is 2.04. The molecular formula is C15H19ClN2S. The fraction of sp³-hybridized carbons (Fsp3) is 0.400. The van der Waals surface area contributed by atoms with Crippen LogP contribution in [0.2, 0.25) is 5.02 Å². The third-order valence-electron chi connectivity index (χ3n) is 3.07. The molecule has 102 valence electrons. The minimum atomic E-state index is 0.770. The normalized spacial score (nSPS) is 11.1. The Labute approximate surface area is 123 Å². The Morgan fingerprint density at radius 3 is 3.00 bits per heavy atom. The second-order valence-electron chi connectivity index (χ2n) is 4.48. The minimum Gasteiger partial charge on any atom is -0.313 e. The number of fused-ring (bicyclic) bond motifs is 1. The number of unbranched alkanes of at least 4 members (excludes halogenated alkanes) is 1. The lowest BCUT2D eigenvalue weighted by atomic mass is 10.1. The van der Waals surface area contributed by atoms with Crippen LogP contribution in [0.1, 0.15) is 18.4 Å². The molecule has 0 aliphatic heterocycles. The van der Waals surface area contributed by atoms with Gasteiger partial charge in [0.05, 0.1) is 5.52 Å². The lowest BCUT2D eigenvalue weighted by molar-refractivity contribution is 0.645. The first kappa shape index (κ1) is 14.6. The van der Waals surface area contributed by atoms with Crippen LogP contribution in [0.5, 0.6) is 0 Å². The standard InChI is InChI=1S/C15H19ClN2S/c1-19-10-3-2-8-17-11-12-6-7-14(16)13-5-4-9-18-15(12)13/h4-7,9,17H,2-3,8,10-11H2,1H3. The van der Waals surface area contributed by atoms with Crippen molar-refractivity contribution in [2.24, 2.45) is 0 Å². The molecule has 0 bridgehead atoms. The zero-order chi connectivity index (χ0) is 13.5. The maximum Gasteiger partial charge on any atom is 0.0761 e. The highest BCUT2D eigenvalue weighted by Crippen LogP contribution is 2.24. The van der Waals surface area contributed by atoms with E-state index in [2.05, 4.69) is 22.6 Å². The summed E-state index contributed by atoms with van der Waals surface area (Å²) in [6, 6.07) is 7.96. The zero-order valence-electron chi connectivity index (χ0n) is 11.2. The summed E-state index contributed by atoms with van der Waals surface area (Å²) in [5.74, 6) is 1.24. The Bertz CT molecular complexity index is 531. The van der Waals surface area contributed by atoms with Gasteiger partial charge in [-0.3, -0.25) is 4.98 Å². The topological polar surface area (TPSA) is 24.9 Å². The summed E-state index contributed by atoms with van der Waals surface area (Å²) in [6.07, 6.45) is 6.47. The van der Waals surface area contributed by atoms with Crippen molar-refractivity contribution < 1.29 is 0 Å². The second kappa shape index (κ2) is 7.73. The summed E-state index contributed by atoms with van der Waals surface area (Å²) in [5, 5.41) is 5.28. The van der Waals surface area contributed by atoms with Gasteiger partial charge >= 0.3 is 0 Å². The number of pyridine rings is 1. The molecule has 4 heteroatoms. The van der Waals surface area contributed by atoms with E-state index in [1.54, 1.807) is 0 Å². The van der Waals surface area contributed by atoms with Gasteiger partial charge in [-0.25, -0.2) is 0 Å². The summed E-state index contributed by atoms with van der Waals surface area (Å²) >= 11 is 8.09. The third-order valence-corrected chi connectivity index (χ3v) is 4.09. The molecule has 0 aliphatic rings. The summed E-state index contributed by atoms with van der Waals surface area (Å²) in [6.45, 7) is 1.90. The van der Waals surface area contributed by atoms with Gasteiger partial charge in [0.2, 0.25) is 0 Å². The van der Waals surface area contributed by atoms with Gasteiger partial charge < -0.3 is 5.32 Å². The molecule has 1 N–H and O–H groups in total. The number of rotatable bonds is 7. The average molecular weight is 295 g/mol. The Hall–Kier alpha value is -0.770. The van der Waals surface area contributed by atoms with Crippen LogP contribution < -0.4 is 5.32 Å². The van der Waals surface area contributed by atoms with Crippen LogP contribution in [-0.4, -0.2) is 23.5 Å². The predicted molar refractivity (Wildman–Crippen MR) is 86.1 cm³/mol. The smallest absolute Gasteiger partial charge is 0.0761 e. The maximum absolute atomic E-state index is 6.18. The average Bonchev–Trinajstić information content (AvgIpc) is 2.45. The predicted octanol–water partition coefficient (Wildman–Crippen LogP) is 4.12. The number of halogens is 1. The van der Waals surface area contributed by atoms with E-state index in [4.69, 9.17) is 11.6 Å². The van der Waals surface area contributed by atoms with Crippen LogP contribution >= 0.6 is 23.4 Å². The first-order chi connectivity index (χ1) is 9.33. The van der Waals surface area contributed by atoms with Gasteiger partial charge in [0, 0.05) is 23.2 Å². The van der Waals surface area contributed by atoms with E-state index < -0.39 is 0 Å². The molecule has 0 spiro atoms. The van der Waals surface area contributed by atoms with Crippen molar-refractivity contribution in [2.75, 3.05) is 18.6 Å². The van der Waals surface area contributed by atoms with Crippen molar-refractivity contribution in [2.45, 2.75) is 19.4 Å². The molecule has 1 heterocycles. The molecule has 1 aromatic carbocycles. The van der Waals surface area contributed by atoms with Crippen LogP contribution in [0.15, 0.2) is 30.5 Å². The van der Waals surface area contributed by atoms with Gasteiger partial charge in [-0.1, -0.05) is 17.7 Å². The van der Waals surface area contributed by atoms with E-state index in [-0.39, 0.29) is 0 Å². The Balaban J connectivity index is 1.96. The van der Waals surface area contributed by atoms with Gasteiger partial charge in [-0.05, 0) is 55.2 Å². The molecule has 19 heavy (non-hydrogen) atoms. The van der Waals surface area contributed by atoms with Gasteiger partial charge in [-0.2, -0.15) is 11.8 Å². The number of aromatic nitrogens is 1. The highest BCUT2D eigenvalue weighted by atomic mass is 35.5. The number of nitrogens with zero attached hydrogens (tertiary/aromatic N) is 1.